The van der Waals surface area contributed by atoms with Crippen LogP contribution in [0, 0.1) is 5.92 Å². The van der Waals surface area contributed by atoms with E-state index in [1.54, 1.807) is 56.3 Å². The Kier molecular flexibility index (Phi) is 17.7. The van der Waals surface area contributed by atoms with E-state index in [1.165, 1.54) is 36.5 Å². The summed E-state index contributed by atoms with van der Waals surface area (Å²) >= 11 is 0. The van der Waals surface area contributed by atoms with E-state index in [0.717, 1.165) is 0 Å². The molecule has 340 valence electrons. The van der Waals surface area contributed by atoms with Gasteiger partial charge in [-0.15, -0.1) is 0 Å². The highest BCUT2D eigenvalue weighted by molar-refractivity contribution is 5.98. The third-order valence-electron chi connectivity index (χ3n) is 10.4. The maximum Gasteiger partial charge on any atom is 0.326 e. The highest BCUT2D eigenvalue weighted by Crippen LogP contribution is 2.21. The van der Waals surface area contributed by atoms with E-state index in [4.69, 9.17) is 11.5 Å². The van der Waals surface area contributed by atoms with Crippen molar-refractivity contribution in [2.75, 3.05) is 6.54 Å². The Morgan fingerprint density at radius 3 is 1.97 bits per heavy atom. The molecule has 0 radical (unpaired) electrons. The van der Waals surface area contributed by atoms with Crippen LogP contribution in [0.4, 0.5) is 0 Å². The number of carboxylic acids is 1. The molecule has 1 saturated heterocycles. The molecule has 8 atom stereocenters. The van der Waals surface area contributed by atoms with Gasteiger partial charge in [0, 0.05) is 37.7 Å². The Balaban J connectivity index is 1.46. The number of aliphatic hydroxyl groups is 1. The van der Waals surface area contributed by atoms with Crippen LogP contribution in [0.15, 0.2) is 67.1 Å². The molecule has 7 amide bonds. The van der Waals surface area contributed by atoms with Crippen molar-refractivity contribution in [2.24, 2.45) is 17.4 Å². The number of aliphatic hydroxyl groups excluding tert-OH is 1. The first kappa shape index (κ1) is 48.8. The highest BCUT2D eigenvalue weighted by Gasteiger charge is 2.41. The van der Waals surface area contributed by atoms with Crippen molar-refractivity contribution in [3.8, 4) is 5.75 Å². The number of imidazole rings is 1. The number of hydrogen-bond donors (Lipinski definition) is 11. The summed E-state index contributed by atoms with van der Waals surface area (Å²) < 4.78 is 0. The molecular weight excluding hydrogens is 821 g/mol. The number of aromatic nitrogens is 2. The Labute approximate surface area is 363 Å². The zero-order valence-corrected chi connectivity index (χ0v) is 35.2. The average Bonchev–Trinajstić information content (AvgIpc) is 3.94. The van der Waals surface area contributed by atoms with E-state index in [1.807, 2.05) is 0 Å². The number of nitrogens with zero attached hydrogens (tertiary/aromatic N) is 2. The maximum atomic E-state index is 14.2. The lowest BCUT2D eigenvalue weighted by Gasteiger charge is -2.31. The standard InChI is InChI=1S/C42H56N10O11/c1-22(2)34(39(59)47-29(19-33(44)55)37(57)49-31(42(62)63)17-24-8-5-4-6-9-24)50-40(60)35(23(3)53)51-38(58)32-10-7-15-52(32)41(61)30(16-25-11-13-27(54)14-12-25)48-36(56)28(43)18-26-20-45-21-46-26/h4-6,8-9,11-14,20-23,28-32,34-35,53-54H,7,10,15-19,43H2,1-3H3,(H2,44,55)(H,45,46)(H,47,59)(H,48,56)(H,49,57)(H,50,60)(H,51,58)(H,62,63)/t23-,28+,29+,30+,31+,32+,34+,35+/m1/s1. The fraction of sp³-hybridized carbons (Fsp3) is 0.452. The van der Waals surface area contributed by atoms with Crippen molar-refractivity contribution in [1.82, 2.24) is 41.5 Å². The Bertz CT molecular complexity index is 2070. The van der Waals surface area contributed by atoms with Crippen LogP contribution in [0.5, 0.6) is 5.75 Å². The number of amides is 7. The fourth-order valence-electron chi connectivity index (χ4n) is 7.00. The van der Waals surface area contributed by atoms with Gasteiger partial charge in [0.15, 0.2) is 0 Å². The van der Waals surface area contributed by atoms with Crippen LogP contribution in [0.25, 0.3) is 0 Å². The molecule has 13 N–H and O–H groups in total. The van der Waals surface area contributed by atoms with Gasteiger partial charge >= 0.3 is 5.97 Å². The molecule has 1 aromatic heterocycles. The normalized spacial score (nSPS) is 16.9. The lowest BCUT2D eigenvalue weighted by atomic mass is 10.0. The number of carbonyl (C=O) groups excluding carboxylic acids is 7. The lowest BCUT2D eigenvalue weighted by Crippen LogP contribution is -2.62. The summed E-state index contributed by atoms with van der Waals surface area (Å²) in [7, 11) is 0. The summed E-state index contributed by atoms with van der Waals surface area (Å²) in [5, 5.41) is 42.7. The van der Waals surface area contributed by atoms with Crippen molar-refractivity contribution < 1.29 is 53.7 Å². The Morgan fingerprint density at radius 1 is 0.778 bits per heavy atom. The molecule has 1 aliphatic rings. The SMILES string of the molecule is CC(C)[C@H](NC(=O)[C@@H](NC(=O)[C@@H]1CCCN1C(=O)[C@H](Cc1ccc(O)cc1)NC(=O)[C@@H](N)Cc1cnc[nH]1)[C@@H](C)O)C(=O)N[C@@H](CC(N)=O)C(=O)N[C@@H](Cc1ccccc1)C(=O)O. The van der Waals surface area contributed by atoms with Gasteiger partial charge in [0.1, 0.15) is 42.0 Å². The van der Waals surface area contributed by atoms with Crippen LogP contribution in [0.3, 0.4) is 0 Å². The van der Waals surface area contributed by atoms with Crippen LogP contribution in [-0.4, -0.2) is 132 Å². The molecule has 3 aromatic rings. The molecule has 0 spiro atoms. The van der Waals surface area contributed by atoms with Gasteiger partial charge in [0.25, 0.3) is 0 Å². The lowest BCUT2D eigenvalue weighted by molar-refractivity contribution is -0.143. The summed E-state index contributed by atoms with van der Waals surface area (Å²) in [5.41, 5.74) is 13.3. The number of carbonyl (C=O) groups is 8. The van der Waals surface area contributed by atoms with Gasteiger partial charge in [-0.25, -0.2) is 9.78 Å². The Morgan fingerprint density at radius 2 is 1.38 bits per heavy atom. The zero-order valence-electron chi connectivity index (χ0n) is 35.2. The van der Waals surface area contributed by atoms with Gasteiger partial charge in [-0.2, -0.15) is 0 Å². The fourth-order valence-corrected chi connectivity index (χ4v) is 7.00. The first-order valence-corrected chi connectivity index (χ1v) is 20.4. The summed E-state index contributed by atoms with van der Waals surface area (Å²) in [4.78, 5) is 114. The van der Waals surface area contributed by atoms with Crippen LogP contribution < -0.4 is 38.1 Å². The van der Waals surface area contributed by atoms with E-state index in [9.17, 15) is 53.7 Å². The molecular formula is C42H56N10O11. The molecule has 0 saturated carbocycles. The van der Waals surface area contributed by atoms with Crippen molar-refractivity contribution in [3.63, 3.8) is 0 Å². The number of aromatic hydroxyl groups is 1. The molecule has 2 aromatic carbocycles. The average molecular weight is 877 g/mol. The van der Waals surface area contributed by atoms with Gasteiger partial charge in [0.05, 0.1) is 24.9 Å². The van der Waals surface area contributed by atoms with Crippen molar-refractivity contribution >= 4 is 47.3 Å². The number of rotatable bonds is 22. The number of H-pyrrole nitrogens is 1. The second-order valence-corrected chi connectivity index (χ2v) is 15.8. The summed E-state index contributed by atoms with van der Waals surface area (Å²) in [6, 6.07) is 4.87. The van der Waals surface area contributed by atoms with E-state index in [-0.39, 0.29) is 38.0 Å². The third kappa shape index (κ3) is 14.4. The minimum Gasteiger partial charge on any atom is -0.508 e. The minimum absolute atomic E-state index is 0.0129. The number of hydrogen-bond acceptors (Lipinski definition) is 12. The van der Waals surface area contributed by atoms with Crippen LogP contribution in [-0.2, 0) is 57.6 Å². The first-order chi connectivity index (χ1) is 29.8. The van der Waals surface area contributed by atoms with Gasteiger partial charge in [-0.1, -0.05) is 56.3 Å². The number of likely N-dealkylation sites (tertiary alicyclic amines) is 1. The molecule has 21 nitrogen and oxygen atoms in total. The molecule has 2 heterocycles. The van der Waals surface area contributed by atoms with Crippen molar-refractivity contribution in [3.05, 3.63) is 83.9 Å². The summed E-state index contributed by atoms with van der Waals surface area (Å²) in [5.74, 6) is -8.10. The Hall–Kier alpha value is -6.87. The summed E-state index contributed by atoms with van der Waals surface area (Å²) in [6.45, 7) is 4.45. The number of phenols is 1. The van der Waals surface area contributed by atoms with Crippen molar-refractivity contribution in [1.29, 1.82) is 0 Å². The molecule has 0 bridgehead atoms. The monoisotopic (exact) mass is 876 g/mol. The maximum absolute atomic E-state index is 14.2. The molecule has 0 aliphatic carbocycles. The molecule has 1 fully saturated rings. The van der Waals surface area contributed by atoms with Gasteiger partial charge in [0.2, 0.25) is 41.4 Å². The zero-order chi connectivity index (χ0) is 46.4. The number of phenolic OH excluding ortho intramolecular Hbond substituents is 1. The molecule has 1 aliphatic heterocycles. The summed E-state index contributed by atoms with van der Waals surface area (Å²) in [6.07, 6.45) is 1.20. The number of carboxylic acid groups (broad SMARTS) is 1. The van der Waals surface area contributed by atoms with Gasteiger partial charge < -0.3 is 63.3 Å². The second kappa shape index (κ2) is 22.8. The topological polar surface area (TPSA) is 341 Å². The number of aliphatic carboxylic acids is 1. The van der Waals surface area contributed by atoms with Gasteiger partial charge in [-0.05, 0) is 48.9 Å². The molecule has 63 heavy (non-hydrogen) atoms. The van der Waals surface area contributed by atoms with Crippen LogP contribution >= 0.6 is 0 Å². The van der Waals surface area contributed by atoms with E-state index < -0.39 is 108 Å². The minimum atomic E-state index is -1.66. The predicted molar refractivity (Wildman–Crippen MR) is 225 cm³/mol. The van der Waals surface area contributed by atoms with E-state index in [0.29, 0.717) is 23.2 Å². The largest absolute Gasteiger partial charge is 0.508 e. The number of benzene rings is 2. The quantitative estimate of drug-likeness (QED) is 0.0515. The number of aromatic amines is 1. The molecule has 4 rings (SSSR count). The molecule has 21 heteroatoms. The number of primary amides is 1. The second-order valence-electron chi connectivity index (χ2n) is 15.8. The van der Waals surface area contributed by atoms with E-state index in [2.05, 4.69) is 36.6 Å². The van der Waals surface area contributed by atoms with Crippen LogP contribution in [0.1, 0.15) is 56.9 Å². The third-order valence-corrected chi connectivity index (χ3v) is 10.4. The number of nitrogens with two attached hydrogens (primary N) is 2. The number of nitrogens with one attached hydrogen (secondary N) is 6. The van der Waals surface area contributed by atoms with Crippen LogP contribution in [0.2, 0.25) is 0 Å². The van der Waals surface area contributed by atoms with E-state index >= 15 is 0 Å². The first-order valence-electron chi connectivity index (χ1n) is 20.4. The predicted octanol–water partition coefficient (Wildman–Crippen LogP) is -2.12. The smallest absolute Gasteiger partial charge is 0.326 e. The highest BCUT2D eigenvalue weighted by atomic mass is 16.4. The van der Waals surface area contributed by atoms with Gasteiger partial charge in [-0.3, -0.25) is 33.6 Å². The van der Waals surface area contributed by atoms with Crippen molar-refractivity contribution in [2.45, 2.75) is 108 Å². The molecule has 0 unspecified atom stereocenters.